The second-order valence-corrected chi connectivity index (χ2v) is 8.19. The number of carbonyl (C=O) groups excluding carboxylic acids is 2. The van der Waals surface area contributed by atoms with Crippen LogP contribution < -0.4 is 0 Å². The van der Waals surface area contributed by atoms with Crippen LogP contribution in [0.25, 0.3) is 0 Å². The number of nitrogens with zero attached hydrogens (tertiary/aromatic N) is 1. The molecule has 0 radical (unpaired) electrons. The van der Waals surface area contributed by atoms with Crippen LogP contribution in [0.15, 0.2) is 71.8 Å². The Morgan fingerprint density at radius 1 is 1.10 bits per heavy atom. The van der Waals surface area contributed by atoms with Gasteiger partial charge in [-0.25, -0.2) is 0 Å². The fraction of sp³-hybridized carbons (Fsp3) is 0.308. The third-order valence-corrected chi connectivity index (χ3v) is 5.61. The number of imide groups is 1. The molecule has 0 aromatic heterocycles. The Morgan fingerprint density at radius 2 is 1.77 bits per heavy atom. The van der Waals surface area contributed by atoms with Gasteiger partial charge in [0, 0.05) is 18.0 Å². The van der Waals surface area contributed by atoms with E-state index in [0.29, 0.717) is 37.5 Å². The Hall–Kier alpha value is -3.16. The van der Waals surface area contributed by atoms with Gasteiger partial charge in [-0.1, -0.05) is 68.3 Å². The quantitative estimate of drug-likeness (QED) is 0.731. The molecule has 0 spiro atoms. The molecule has 1 atom stereocenters. The van der Waals surface area contributed by atoms with Gasteiger partial charge in [0.15, 0.2) is 0 Å². The van der Waals surface area contributed by atoms with Crippen molar-refractivity contribution < 1.29 is 14.3 Å². The van der Waals surface area contributed by atoms with Gasteiger partial charge in [0.1, 0.15) is 5.60 Å². The fourth-order valence-corrected chi connectivity index (χ4v) is 4.34. The van der Waals surface area contributed by atoms with Crippen molar-refractivity contribution in [1.82, 2.24) is 4.90 Å². The fourth-order valence-electron chi connectivity index (χ4n) is 4.34. The minimum absolute atomic E-state index is 0.273. The maximum atomic E-state index is 13.5. The van der Waals surface area contributed by atoms with Gasteiger partial charge in [-0.15, -0.1) is 0 Å². The summed E-state index contributed by atoms with van der Waals surface area (Å²) in [7, 11) is 0. The third kappa shape index (κ3) is 3.69. The van der Waals surface area contributed by atoms with Crippen molar-refractivity contribution >= 4 is 11.8 Å². The average molecular weight is 399 g/mol. The first kappa shape index (κ1) is 20.1. The maximum absolute atomic E-state index is 13.5. The zero-order valence-corrected chi connectivity index (χ0v) is 17.4. The Bertz CT molecular complexity index is 1040. The number of hydrogen-bond donors (Lipinski definition) is 0. The van der Waals surface area contributed by atoms with Crippen molar-refractivity contribution in [3.63, 3.8) is 0 Å². The summed E-state index contributed by atoms with van der Waals surface area (Å²) < 4.78 is 6.34. The molecule has 2 aromatic rings. The molecule has 2 heterocycles. The number of hydrogen-bond acceptors (Lipinski definition) is 3. The normalized spacial score (nSPS) is 20.8. The van der Waals surface area contributed by atoms with Crippen molar-refractivity contribution in [1.29, 1.82) is 0 Å². The second-order valence-electron chi connectivity index (χ2n) is 8.19. The molecule has 4 rings (SSSR count). The molecule has 0 N–H and O–H groups in total. The minimum atomic E-state index is -0.812. The highest BCUT2D eigenvalue weighted by Crippen LogP contribution is 2.48. The SMILES string of the molecule is CC(C)CC1(c2ccccc2)OCC2=C1C(=O)N(C(=O)C#Cc1ccccc1)CC2. The van der Waals surface area contributed by atoms with E-state index in [1.165, 1.54) is 4.90 Å². The topological polar surface area (TPSA) is 46.6 Å². The van der Waals surface area contributed by atoms with Crippen LogP contribution in [0.3, 0.4) is 0 Å². The summed E-state index contributed by atoms with van der Waals surface area (Å²) in [6.07, 6.45) is 1.31. The lowest BCUT2D eigenvalue weighted by atomic mass is 9.77. The van der Waals surface area contributed by atoms with E-state index in [-0.39, 0.29) is 5.91 Å². The highest BCUT2D eigenvalue weighted by atomic mass is 16.5. The smallest absolute Gasteiger partial charge is 0.305 e. The van der Waals surface area contributed by atoms with E-state index in [1.54, 1.807) is 0 Å². The largest absolute Gasteiger partial charge is 0.361 e. The molecule has 4 nitrogen and oxygen atoms in total. The summed E-state index contributed by atoms with van der Waals surface area (Å²) in [6.45, 7) is 5.01. The molecule has 0 aliphatic carbocycles. The van der Waals surface area contributed by atoms with Crippen molar-refractivity contribution in [3.8, 4) is 11.8 Å². The van der Waals surface area contributed by atoms with Gasteiger partial charge in [0.2, 0.25) is 0 Å². The lowest BCUT2D eigenvalue weighted by Gasteiger charge is -2.36. The Balaban J connectivity index is 1.68. The van der Waals surface area contributed by atoms with E-state index in [2.05, 4.69) is 25.7 Å². The lowest BCUT2D eigenvalue weighted by molar-refractivity contribution is -0.140. The molecule has 2 amide bonds. The zero-order chi connectivity index (χ0) is 21.1. The molecule has 0 saturated heterocycles. The molecular weight excluding hydrogens is 374 g/mol. The monoisotopic (exact) mass is 399 g/mol. The van der Waals surface area contributed by atoms with E-state index in [9.17, 15) is 9.59 Å². The lowest BCUT2D eigenvalue weighted by Crippen LogP contribution is -2.45. The van der Waals surface area contributed by atoms with Crippen LogP contribution in [0.5, 0.6) is 0 Å². The summed E-state index contributed by atoms with van der Waals surface area (Å²) in [5.41, 5.74) is 2.53. The average Bonchev–Trinajstić information content (AvgIpc) is 3.13. The summed E-state index contributed by atoms with van der Waals surface area (Å²) in [5.74, 6) is 5.08. The van der Waals surface area contributed by atoms with Crippen LogP contribution in [0.4, 0.5) is 0 Å². The molecule has 0 fully saturated rings. The predicted octanol–water partition coefficient (Wildman–Crippen LogP) is 4.07. The Labute approximate surface area is 177 Å². The van der Waals surface area contributed by atoms with E-state index < -0.39 is 11.5 Å². The van der Waals surface area contributed by atoms with Gasteiger partial charge >= 0.3 is 5.91 Å². The van der Waals surface area contributed by atoms with Gasteiger partial charge in [0.05, 0.1) is 12.2 Å². The Kier molecular flexibility index (Phi) is 5.57. The maximum Gasteiger partial charge on any atom is 0.305 e. The highest BCUT2D eigenvalue weighted by molar-refractivity contribution is 6.12. The third-order valence-electron chi connectivity index (χ3n) is 5.61. The number of benzene rings is 2. The van der Waals surface area contributed by atoms with Gasteiger partial charge in [0.25, 0.3) is 5.91 Å². The van der Waals surface area contributed by atoms with Gasteiger partial charge in [-0.2, -0.15) is 0 Å². The molecule has 152 valence electrons. The van der Waals surface area contributed by atoms with E-state index in [4.69, 9.17) is 4.74 Å². The molecule has 1 unspecified atom stereocenters. The standard InChI is InChI=1S/C26H25NO3/c1-19(2)17-26(22-11-7-4-8-12-22)24-21(18-30-26)15-16-27(25(24)29)23(28)14-13-20-9-5-3-6-10-20/h3-12,19H,15-18H2,1-2H3. The minimum Gasteiger partial charge on any atom is -0.361 e. The van der Waals surface area contributed by atoms with E-state index in [0.717, 1.165) is 16.7 Å². The first-order valence-corrected chi connectivity index (χ1v) is 10.4. The molecule has 0 saturated carbocycles. The predicted molar refractivity (Wildman–Crippen MR) is 115 cm³/mol. The zero-order valence-electron chi connectivity index (χ0n) is 17.4. The van der Waals surface area contributed by atoms with Crippen molar-refractivity contribution in [2.24, 2.45) is 5.92 Å². The van der Waals surface area contributed by atoms with E-state index in [1.807, 2.05) is 60.7 Å². The summed E-state index contributed by atoms with van der Waals surface area (Å²) in [4.78, 5) is 27.6. The molecule has 4 heteroatoms. The van der Waals surface area contributed by atoms with Gasteiger partial charge < -0.3 is 4.74 Å². The van der Waals surface area contributed by atoms with Gasteiger partial charge in [-0.05, 0) is 42.0 Å². The van der Waals surface area contributed by atoms with Crippen LogP contribution >= 0.6 is 0 Å². The molecule has 30 heavy (non-hydrogen) atoms. The number of ether oxygens (including phenoxy) is 1. The number of rotatable bonds is 3. The van der Waals surface area contributed by atoms with Gasteiger partial charge in [-0.3, -0.25) is 14.5 Å². The molecule has 2 aliphatic rings. The van der Waals surface area contributed by atoms with Crippen LogP contribution in [0.1, 0.15) is 37.8 Å². The van der Waals surface area contributed by atoms with Crippen molar-refractivity contribution in [3.05, 3.63) is 82.9 Å². The molecule has 2 aliphatic heterocycles. The summed E-state index contributed by atoms with van der Waals surface area (Å²) >= 11 is 0. The summed E-state index contributed by atoms with van der Waals surface area (Å²) in [6, 6.07) is 19.2. The number of amides is 2. The highest BCUT2D eigenvalue weighted by Gasteiger charge is 2.50. The summed E-state index contributed by atoms with van der Waals surface area (Å²) in [5, 5.41) is 0. The molecule has 2 aromatic carbocycles. The van der Waals surface area contributed by atoms with E-state index >= 15 is 0 Å². The van der Waals surface area contributed by atoms with Crippen molar-refractivity contribution in [2.45, 2.75) is 32.3 Å². The number of carbonyl (C=O) groups is 2. The second kappa shape index (κ2) is 8.30. The molecular formula is C26H25NO3. The van der Waals surface area contributed by atoms with Crippen LogP contribution in [0.2, 0.25) is 0 Å². The van der Waals surface area contributed by atoms with Crippen LogP contribution in [-0.2, 0) is 19.9 Å². The van der Waals surface area contributed by atoms with Crippen LogP contribution in [-0.4, -0.2) is 29.9 Å². The van der Waals surface area contributed by atoms with Crippen molar-refractivity contribution in [2.75, 3.05) is 13.2 Å². The van der Waals surface area contributed by atoms with Crippen LogP contribution in [0, 0.1) is 17.8 Å². The Morgan fingerprint density at radius 3 is 2.43 bits per heavy atom. The first-order valence-electron chi connectivity index (χ1n) is 10.4. The first-order chi connectivity index (χ1) is 14.5. The molecule has 0 bridgehead atoms.